The van der Waals surface area contributed by atoms with Crippen LogP contribution < -0.4 is 0 Å². The van der Waals surface area contributed by atoms with Crippen molar-refractivity contribution in [2.45, 2.75) is 65.6 Å². The highest BCUT2D eigenvalue weighted by atomic mass is 16.6. The first kappa shape index (κ1) is 20.9. The van der Waals surface area contributed by atoms with Gasteiger partial charge in [0.15, 0.2) is 5.60 Å². The van der Waals surface area contributed by atoms with Gasteiger partial charge in [-0.1, -0.05) is 63.6 Å². The predicted octanol–water partition coefficient (Wildman–Crippen LogP) is 6.01. The van der Waals surface area contributed by atoms with Crippen molar-refractivity contribution in [1.29, 1.82) is 0 Å². The van der Waals surface area contributed by atoms with E-state index >= 15 is 0 Å². The highest BCUT2D eigenvalue weighted by molar-refractivity contribution is 5.93. The molecule has 3 rings (SSSR count). The Labute approximate surface area is 169 Å². The van der Waals surface area contributed by atoms with Crippen molar-refractivity contribution in [3.63, 3.8) is 0 Å². The summed E-state index contributed by atoms with van der Waals surface area (Å²) >= 11 is 0. The number of methoxy groups -OCH3 is 1. The average Bonchev–Trinajstić information content (AvgIpc) is 2.67. The van der Waals surface area contributed by atoms with Crippen LogP contribution in [0.2, 0.25) is 0 Å². The van der Waals surface area contributed by atoms with Crippen molar-refractivity contribution in [1.82, 2.24) is 0 Å². The molecule has 2 aromatic carbocycles. The van der Waals surface area contributed by atoms with Gasteiger partial charge in [-0.3, -0.25) is 0 Å². The summed E-state index contributed by atoms with van der Waals surface area (Å²) in [4.78, 5) is 13.5. The van der Waals surface area contributed by atoms with Crippen molar-refractivity contribution in [2.24, 2.45) is 17.8 Å². The molecule has 1 fully saturated rings. The summed E-state index contributed by atoms with van der Waals surface area (Å²) in [6.07, 6.45) is 3.22. The Hall–Kier alpha value is -1.87. The second-order valence-electron chi connectivity index (χ2n) is 8.99. The first-order valence-electron chi connectivity index (χ1n) is 10.5. The number of ether oxygens (including phenoxy) is 2. The molecule has 0 radical (unpaired) electrons. The van der Waals surface area contributed by atoms with Crippen LogP contribution in [0.1, 0.15) is 58.1 Å². The average molecular weight is 383 g/mol. The molecule has 3 heteroatoms. The lowest BCUT2D eigenvalue weighted by atomic mass is 9.75. The Morgan fingerprint density at radius 3 is 2.54 bits per heavy atom. The summed E-state index contributed by atoms with van der Waals surface area (Å²) in [7, 11) is 1.60. The zero-order valence-corrected chi connectivity index (χ0v) is 18.1. The monoisotopic (exact) mass is 382 g/mol. The Morgan fingerprint density at radius 1 is 1.14 bits per heavy atom. The second kappa shape index (κ2) is 8.24. The van der Waals surface area contributed by atoms with Gasteiger partial charge in [0.25, 0.3) is 0 Å². The van der Waals surface area contributed by atoms with E-state index in [0.717, 1.165) is 34.7 Å². The fourth-order valence-corrected chi connectivity index (χ4v) is 4.80. The fraction of sp³-hybridized carbons (Fsp3) is 0.560. The highest BCUT2D eigenvalue weighted by Gasteiger charge is 2.43. The van der Waals surface area contributed by atoms with Crippen LogP contribution in [0.25, 0.3) is 10.8 Å². The van der Waals surface area contributed by atoms with Crippen LogP contribution in [-0.4, -0.2) is 19.2 Å². The maximum atomic E-state index is 13.5. The number of esters is 1. The van der Waals surface area contributed by atoms with E-state index in [9.17, 15) is 4.79 Å². The van der Waals surface area contributed by atoms with Gasteiger partial charge in [-0.2, -0.15) is 0 Å². The molecule has 152 valence electrons. The van der Waals surface area contributed by atoms with Crippen LogP contribution in [0.3, 0.4) is 0 Å². The van der Waals surface area contributed by atoms with Gasteiger partial charge in [-0.25, -0.2) is 4.79 Å². The minimum absolute atomic E-state index is 0.0407. The zero-order chi connectivity index (χ0) is 20.5. The molecule has 4 atom stereocenters. The molecule has 0 saturated heterocycles. The summed E-state index contributed by atoms with van der Waals surface area (Å²) in [5.41, 5.74) is 0.813. The number of aryl methyl sites for hydroxylation is 1. The molecule has 0 bridgehead atoms. The van der Waals surface area contributed by atoms with Crippen LogP contribution >= 0.6 is 0 Å². The SMILES string of the molecule is COC(C)(C(=O)O[C@@H]1C[C@H](C)CC[C@H]1C(C)C)c1c(C)ccc2ccccc12. The van der Waals surface area contributed by atoms with E-state index in [-0.39, 0.29) is 12.1 Å². The van der Waals surface area contributed by atoms with Gasteiger partial charge in [0.1, 0.15) is 6.10 Å². The number of carbonyl (C=O) groups is 1. The number of fused-ring (bicyclic) bond motifs is 1. The first-order valence-corrected chi connectivity index (χ1v) is 10.5. The van der Waals surface area contributed by atoms with E-state index in [1.807, 2.05) is 26.0 Å². The maximum absolute atomic E-state index is 13.5. The molecule has 0 spiro atoms. The quantitative estimate of drug-likeness (QED) is 0.594. The van der Waals surface area contributed by atoms with E-state index in [4.69, 9.17) is 9.47 Å². The topological polar surface area (TPSA) is 35.5 Å². The highest BCUT2D eigenvalue weighted by Crippen LogP contribution is 2.39. The van der Waals surface area contributed by atoms with Crippen LogP contribution in [0.4, 0.5) is 0 Å². The normalized spacial score (nSPS) is 24.9. The molecule has 0 amide bonds. The van der Waals surface area contributed by atoms with Gasteiger partial charge >= 0.3 is 5.97 Å². The van der Waals surface area contributed by atoms with Crippen molar-refractivity contribution >= 4 is 16.7 Å². The molecule has 0 aromatic heterocycles. The Morgan fingerprint density at radius 2 is 1.86 bits per heavy atom. The van der Waals surface area contributed by atoms with Crippen molar-refractivity contribution in [3.8, 4) is 0 Å². The van der Waals surface area contributed by atoms with Gasteiger partial charge in [0, 0.05) is 12.7 Å². The van der Waals surface area contributed by atoms with Crippen LogP contribution in [-0.2, 0) is 19.9 Å². The fourth-order valence-electron chi connectivity index (χ4n) is 4.80. The van der Waals surface area contributed by atoms with Crippen LogP contribution in [0.15, 0.2) is 36.4 Å². The molecule has 1 aliphatic carbocycles. The number of rotatable bonds is 5. The first-order chi connectivity index (χ1) is 13.3. The lowest BCUT2D eigenvalue weighted by Gasteiger charge is -2.39. The Balaban J connectivity index is 1.98. The molecule has 0 aliphatic heterocycles. The van der Waals surface area contributed by atoms with Gasteiger partial charge in [0.05, 0.1) is 0 Å². The van der Waals surface area contributed by atoms with Crippen molar-refractivity contribution in [2.75, 3.05) is 7.11 Å². The minimum atomic E-state index is -1.13. The maximum Gasteiger partial charge on any atom is 0.343 e. The van der Waals surface area contributed by atoms with Gasteiger partial charge in [-0.05, 0) is 60.8 Å². The molecule has 28 heavy (non-hydrogen) atoms. The van der Waals surface area contributed by atoms with Crippen molar-refractivity contribution < 1.29 is 14.3 Å². The van der Waals surface area contributed by atoms with E-state index < -0.39 is 5.60 Å². The molecule has 1 saturated carbocycles. The predicted molar refractivity (Wildman–Crippen MR) is 114 cm³/mol. The molecule has 0 N–H and O–H groups in total. The van der Waals surface area contributed by atoms with Gasteiger partial charge in [0.2, 0.25) is 0 Å². The van der Waals surface area contributed by atoms with E-state index in [0.29, 0.717) is 17.8 Å². The minimum Gasteiger partial charge on any atom is -0.460 e. The number of hydrogen-bond acceptors (Lipinski definition) is 3. The largest absolute Gasteiger partial charge is 0.460 e. The molecule has 1 aliphatic rings. The zero-order valence-electron chi connectivity index (χ0n) is 18.1. The van der Waals surface area contributed by atoms with Crippen LogP contribution in [0, 0.1) is 24.7 Å². The summed E-state index contributed by atoms with van der Waals surface area (Å²) < 4.78 is 12.1. The van der Waals surface area contributed by atoms with Gasteiger partial charge < -0.3 is 9.47 Å². The number of carbonyl (C=O) groups excluding carboxylic acids is 1. The van der Waals surface area contributed by atoms with Crippen molar-refractivity contribution in [3.05, 3.63) is 47.5 Å². The smallest absolute Gasteiger partial charge is 0.343 e. The molecule has 1 unspecified atom stereocenters. The third-order valence-corrected chi connectivity index (χ3v) is 6.63. The summed E-state index contributed by atoms with van der Waals surface area (Å²) in [5.74, 6) is 1.22. The third-order valence-electron chi connectivity index (χ3n) is 6.63. The Kier molecular flexibility index (Phi) is 6.14. The third kappa shape index (κ3) is 3.82. The van der Waals surface area contributed by atoms with E-state index in [1.54, 1.807) is 7.11 Å². The second-order valence-corrected chi connectivity index (χ2v) is 8.99. The van der Waals surface area contributed by atoms with Gasteiger partial charge in [-0.15, -0.1) is 0 Å². The lowest BCUT2D eigenvalue weighted by molar-refractivity contribution is -0.180. The van der Waals surface area contributed by atoms with Crippen LogP contribution in [0.5, 0.6) is 0 Å². The summed E-state index contributed by atoms with van der Waals surface area (Å²) in [5, 5.41) is 2.15. The Bertz CT molecular complexity index is 841. The lowest BCUT2D eigenvalue weighted by Crippen LogP contribution is -2.43. The summed E-state index contributed by atoms with van der Waals surface area (Å²) in [6.45, 7) is 10.6. The molecule has 0 heterocycles. The van der Waals surface area contributed by atoms with E-state index in [2.05, 4.69) is 45.0 Å². The standard InChI is InChI=1S/C25H34O3/c1-16(2)20-14-11-17(3)15-22(20)28-24(26)25(5,27-6)23-18(4)12-13-19-9-7-8-10-21(19)23/h7-10,12-13,16-17,20,22H,11,14-15H2,1-6H3/t17-,20+,22-,25?/m1/s1. The number of benzene rings is 2. The number of hydrogen-bond donors (Lipinski definition) is 0. The van der Waals surface area contributed by atoms with E-state index in [1.165, 1.54) is 6.42 Å². The molecule has 2 aromatic rings. The molecular weight excluding hydrogens is 348 g/mol. The summed E-state index contributed by atoms with van der Waals surface area (Å²) in [6, 6.07) is 12.3. The molecule has 3 nitrogen and oxygen atoms in total. The molecular formula is C25H34O3.